The number of ether oxygens (including phenoxy) is 1. The van der Waals surface area contributed by atoms with Crippen molar-refractivity contribution in [2.45, 2.75) is 26.3 Å². The second-order valence-electron chi connectivity index (χ2n) is 5.69. The van der Waals surface area contributed by atoms with Gasteiger partial charge in [-0.15, -0.1) is 0 Å². The number of aliphatic imine (C=N–C) groups is 1. The molecule has 7 nitrogen and oxygen atoms in total. The number of hydrogen-bond donors (Lipinski definition) is 1. The highest BCUT2D eigenvalue weighted by Gasteiger charge is 2.19. The zero-order valence-corrected chi connectivity index (χ0v) is 14.3. The maximum Gasteiger partial charge on any atom is 0.193 e. The predicted molar refractivity (Wildman–Crippen MR) is 90.4 cm³/mol. The van der Waals surface area contributed by atoms with Gasteiger partial charge in [-0.05, 0) is 6.42 Å². The van der Waals surface area contributed by atoms with Gasteiger partial charge < -0.3 is 19.5 Å². The molecule has 1 N–H and O–H groups in total. The molecular weight excluding hydrogens is 294 g/mol. The molecule has 0 aromatic carbocycles. The minimum absolute atomic E-state index is 0.727. The maximum absolute atomic E-state index is 5.57. The topological polar surface area (TPSA) is 66.1 Å². The average Bonchev–Trinajstić information content (AvgIpc) is 3.08. The van der Waals surface area contributed by atoms with E-state index >= 15 is 0 Å². The normalized spacial score (nSPS) is 16.8. The number of hydrogen-bond acceptors (Lipinski definition) is 5. The first-order valence-corrected chi connectivity index (χ1v) is 8.48. The zero-order valence-electron chi connectivity index (χ0n) is 14.3. The molecule has 23 heavy (non-hydrogen) atoms. The molecule has 1 aliphatic rings. The molecule has 130 valence electrons. The Morgan fingerprint density at radius 1 is 1.35 bits per heavy atom. The standard InChI is InChI=1S/C16H29N5O2/c1-3-4-11-22-13-6-18-16(17-2)21-9-7-20(8-10-21)14-15-5-12-23-19-15/h5,12H,3-4,6-11,13-14H2,1-2H3,(H,17,18). The van der Waals surface area contributed by atoms with Gasteiger partial charge in [-0.25, -0.2) is 0 Å². The predicted octanol–water partition coefficient (Wildman–Crippen LogP) is 1.18. The molecule has 0 bridgehead atoms. The minimum atomic E-state index is 0.727. The molecule has 0 unspecified atom stereocenters. The van der Waals surface area contributed by atoms with Crippen LogP contribution in [0.15, 0.2) is 21.8 Å². The lowest BCUT2D eigenvalue weighted by atomic mass is 10.3. The van der Waals surface area contributed by atoms with E-state index < -0.39 is 0 Å². The molecule has 0 radical (unpaired) electrons. The van der Waals surface area contributed by atoms with Crippen molar-refractivity contribution in [3.05, 3.63) is 18.0 Å². The molecule has 0 spiro atoms. The van der Waals surface area contributed by atoms with Crippen LogP contribution in [0.3, 0.4) is 0 Å². The number of nitrogens with zero attached hydrogens (tertiary/aromatic N) is 4. The van der Waals surface area contributed by atoms with Crippen LogP contribution in [-0.4, -0.2) is 73.9 Å². The summed E-state index contributed by atoms with van der Waals surface area (Å²) in [5.74, 6) is 0.963. The Morgan fingerprint density at radius 2 is 2.17 bits per heavy atom. The summed E-state index contributed by atoms with van der Waals surface area (Å²) in [6, 6.07) is 1.92. The van der Waals surface area contributed by atoms with Crippen molar-refractivity contribution >= 4 is 5.96 Å². The largest absolute Gasteiger partial charge is 0.380 e. The number of guanidine groups is 1. The molecule has 0 aliphatic carbocycles. The van der Waals surface area contributed by atoms with Gasteiger partial charge in [0.2, 0.25) is 0 Å². The molecule has 7 heteroatoms. The summed E-state index contributed by atoms with van der Waals surface area (Å²) in [5, 5.41) is 7.35. The van der Waals surface area contributed by atoms with Gasteiger partial charge in [-0.3, -0.25) is 9.89 Å². The Bertz CT molecular complexity index is 441. The van der Waals surface area contributed by atoms with Crippen LogP contribution in [-0.2, 0) is 11.3 Å². The molecule has 1 saturated heterocycles. The van der Waals surface area contributed by atoms with Crippen molar-refractivity contribution in [2.75, 3.05) is 53.0 Å². The molecule has 2 heterocycles. The number of rotatable bonds is 8. The fourth-order valence-electron chi connectivity index (χ4n) is 2.58. The van der Waals surface area contributed by atoms with Gasteiger partial charge in [0.15, 0.2) is 5.96 Å². The monoisotopic (exact) mass is 323 g/mol. The van der Waals surface area contributed by atoms with Crippen LogP contribution in [0.1, 0.15) is 25.5 Å². The number of piperazine rings is 1. The Morgan fingerprint density at radius 3 is 2.83 bits per heavy atom. The van der Waals surface area contributed by atoms with Crippen molar-refractivity contribution in [1.29, 1.82) is 0 Å². The Labute approximate surface area is 138 Å². The van der Waals surface area contributed by atoms with Gasteiger partial charge in [-0.1, -0.05) is 18.5 Å². The zero-order chi connectivity index (χ0) is 16.3. The second kappa shape index (κ2) is 10.2. The summed E-state index contributed by atoms with van der Waals surface area (Å²) < 4.78 is 10.5. The Hall–Kier alpha value is -1.60. The summed E-state index contributed by atoms with van der Waals surface area (Å²) in [7, 11) is 1.84. The van der Waals surface area contributed by atoms with Crippen LogP contribution in [0.5, 0.6) is 0 Å². The van der Waals surface area contributed by atoms with Crippen molar-refractivity contribution < 1.29 is 9.26 Å². The summed E-state index contributed by atoms with van der Waals surface area (Å²) >= 11 is 0. The lowest BCUT2D eigenvalue weighted by molar-refractivity contribution is 0.134. The van der Waals surface area contributed by atoms with Gasteiger partial charge in [0.05, 0.1) is 12.3 Å². The van der Waals surface area contributed by atoms with Gasteiger partial charge in [-0.2, -0.15) is 0 Å². The first kappa shape index (κ1) is 17.7. The van der Waals surface area contributed by atoms with E-state index in [4.69, 9.17) is 9.26 Å². The van der Waals surface area contributed by atoms with Crippen LogP contribution in [0.2, 0.25) is 0 Å². The highest BCUT2D eigenvalue weighted by molar-refractivity contribution is 5.79. The number of unbranched alkanes of at least 4 members (excludes halogenated alkanes) is 1. The smallest absolute Gasteiger partial charge is 0.193 e. The Balaban J connectivity index is 1.64. The highest BCUT2D eigenvalue weighted by atomic mass is 16.5. The molecule has 0 saturated carbocycles. The van der Waals surface area contributed by atoms with E-state index in [1.165, 1.54) is 6.42 Å². The lowest BCUT2D eigenvalue weighted by Gasteiger charge is -2.36. The van der Waals surface area contributed by atoms with Crippen molar-refractivity contribution in [2.24, 2.45) is 4.99 Å². The van der Waals surface area contributed by atoms with E-state index in [0.29, 0.717) is 0 Å². The maximum atomic E-state index is 5.57. The summed E-state index contributed by atoms with van der Waals surface area (Å²) in [4.78, 5) is 9.06. The molecular formula is C16H29N5O2. The van der Waals surface area contributed by atoms with Gasteiger partial charge in [0.25, 0.3) is 0 Å². The van der Waals surface area contributed by atoms with Gasteiger partial charge in [0.1, 0.15) is 6.26 Å². The molecule has 0 amide bonds. The molecule has 0 atom stereocenters. The lowest BCUT2D eigenvalue weighted by Crippen LogP contribution is -2.52. The third-order valence-corrected chi connectivity index (χ3v) is 3.93. The number of aromatic nitrogens is 1. The molecule has 1 aromatic heterocycles. The summed E-state index contributed by atoms with van der Waals surface area (Å²) in [6.07, 6.45) is 3.93. The second-order valence-corrected chi connectivity index (χ2v) is 5.69. The van der Waals surface area contributed by atoms with E-state index in [-0.39, 0.29) is 0 Å². The van der Waals surface area contributed by atoms with Crippen LogP contribution in [0, 0.1) is 0 Å². The van der Waals surface area contributed by atoms with E-state index in [2.05, 4.69) is 32.2 Å². The molecule has 1 fully saturated rings. The summed E-state index contributed by atoms with van der Waals surface area (Å²) in [5.41, 5.74) is 0.991. The van der Waals surface area contributed by atoms with Gasteiger partial charge in [0, 0.05) is 59.0 Å². The van der Waals surface area contributed by atoms with Crippen LogP contribution < -0.4 is 5.32 Å². The third kappa shape index (κ3) is 6.19. The van der Waals surface area contributed by atoms with E-state index in [1.807, 2.05) is 13.1 Å². The average molecular weight is 323 g/mol. The van der Waals surface area contributed by atoms with E-state index in [0.717, 1.165) is 70.6 Å². The van der Waals surface area contributed by atoms with E-state index in [9.17, 15) is 0 Å². The quantitative estimate of drug-likeness (QED) is 0.440. The molecule has 1 aliphatic heterocycles. The fraction of sp³-hybridized carbons (Fsp3) is 0.750. The Kier molecular flexibility index (Phi) is 7.89. The fourth-order valence-corrected chi connectivity index (χ4v) is 2.58. The van der Waals surface area contributed by atoms with Crippen LogP contribution in [0.25, 0.3) is 0 Å². The van der Waals surface area contributed by atoms with E-state index in [1.54, 1.807) is 6.26 Å². The SMILES string of the molecule is CCCCOCCNC(=NC)N1CCN(Cc2ccon2)CC1. The highest BCUT2D eigenvalue weighted by Crippen LogP contribution is 2.07. The first-order valence-electron chi connectivity index (χ1n) is 8.48. The van der Waals surface area contributed by atoms with Crippen molar-refractivity contribution in [1.82, 2.24) is 20.3 Å². The van der Waals surface area contributed by atoms with Crippen molar-refractivity contribution in [3.63, 3.8) is 0 Å². The first-order chi connectivity index (χ1) is 11.3. The van der Waals surface area contributed by atoms with Gasteiger partial charge >= 0.3 is 0 Å². The van der Waals surface area contributed by atoms with Crippen LogP contribution in [0.4, 0.5) is 0 Å². The molecule has 1 aromatic rings. The number of nitrogens with one attached hydrogen (secondary N) is 1. The van der Waals surface area contributed by atoms with Crippen LogP contribution >= 0.6 is 0 Å². The third-order valence-electron chi connectivity index (χ3n) is 3.93. The summed E-state index contributed by atoms with van der Waals surface area (Å²) in [6.45, 7) is 9.33. The molecule has 2 rings (SSSR count). The minimum Gasteiger partial charge on any atom is -0.380 e. The van der Waals surface area contributed by atoms with Crippen molar-refractivity contribution in [3.8, 4) is 0 Å².